The van der Waals surface area contributed by atoms with E-state index in [2.05, 4.69) is 12.1 Å². The molecule has 1 heterocycles. The standard InChI is InChI=1S/C20H31NO3/c1-20(2,3)24-19(22)21-13-7-11-17(15-21)12-8-14-23-16-18-9-5-4-6-10-18/h4-6,9-10,17H,7-8,11-16H2,1-3H3. The largest absolute Gasteiger partial charge is 0.444 e. The molecule has 0 spiro atoms. The Labute approximate surface area is 146 Å². The van der Waals surface area contributed by atoms with Crippen LogP contribution in [0, 0.1) is 5.92 Å². The first-order valence-electron chi connectivity index (χ1n) is 9.03. The highest BCUT2D eigenvalue weighted by Gasteiger charge is 2.27. The first-order valence-corrected chi connectivity index (χ1v) is 9.03. The predicted molar refractivity (Wildman–Crippen MR) is 95.9 cm³/mol. The Bertz CT molecular complexity index is 495. The second-order valence-corrected chi connectivity index (χ2v) is 7.62. The molecule has 1 unspecified atom stereocenters. The van der Waals surface area contributed by atoms with Crippen LogP contribution in [0.25, 0.3) is 0 Å². The summed E-state index contributed by atoms with van der Waals surface area (Å²) in [4.78, 5) is 14.0. The van der Waals surface area contributed by atoms with Crippen molar-refractivity contribution in [2.24, 2.45) is 5.92 Å². The van der Waals surface area contributed by atoms with Crippen LogP contribution in [0.5, 0.6) is 0 Å². The van der Waals surface area contributed by atoms with E-state index in [1.54, 1.807) is 0 Å². The summed E-state index contributed by atoms with van der Waals surface area (Å²) in [6.07, 6.45) is 4.23. The van der Waals surface area contributed by atoms with E-state index in [0.29, 0.717) is 12.5 Å². The van der Waals surface area contributed by atoms with Gasteiger partial charge in [-0.1, -0.05) is 30.3 Å². The summed E-state index contributed by atoms with van der Waals surface area (Å²) in [5.74, 6) is 0.562. The number of hydrogen-bond donors (Lipinski definition) is 0. The van der Waals surface area contributed by atoms with E-state index in [9.17, 15) is 4.79 Å². The average molecular weight is 333 g/mol. The van der Waals surface area contributed by atoms with Crippen molar-refractivity contribution in [2.75, 3.05) is 19.7 Å². The van der Waals surface area contributed by atoms with Gasteiger partial charge < -0.3 is 14.4 Å². The second kappa shape index (κ2) is 9.07. The van der Waals surface area contributed by atoms with Crippen LogP contribution in [0.4, 0.5) is 4.79 Å². The van der Waals surface area contributed by atoms with E-state index in [0.717, 1.165) is 39.0 Å². The molecule has 0 bridgehead atoms. The third-order valence-electron chi connectivity index (χ3n) is 4.18. The molecular formula is C20H31NO3. The molecule has 2 rings (SSSR count). The molecule has 1 atom stereocenters. The number of rotatable bonds is 6. The number of nitrogens with zero attached hydrogens (tertiary/aromatic N) is 1. The molecule has 1 saturated heterocycles. The van der Waals surface area contributed by atoms with Crippen molar-refractivity contribution < 1.29 is 14.3 Å². The number of likely N-dealkylation sites (tertiary alicyclic amines) is 1. The minimum atomic E-state index is -0.421. The minimum Gasteiger partial charge on any atom is -0.444 e. The maximum atomic E-state index is 12.2. The van der Waals surface area contributed by atoms with Gasteiger partial charge in [-0.15, -0.1) is 0 Å². The van der Waals surface area contributed by atoms with E-state index in [1.807, 2.05) is 43.9 Å². The van der Waals surface area contributed by atoms with Crippen molar-refractivity contribution in [3.63, 3.8) is 0 Å². The molecule has 4 heteroatoms. The van der Waals surface area contributed by atoms with E-state index >= 15 is 0 Å². The van der Waals surface area contributed by atoms with Crippen molar-refractivity contribution in [1.82, 2.24) is 4.90 Å². The number of benzene rings is 1. The summed E-state index contributed by atoms with van der Waals surface area (Å²) < 4.78 is 11.2. The summed E-state index contributed by atoms with van der Waals surface area (Å²) >= 11 is 0. The van der Waals surface area contributed by atoms with Gasteiger partial charge in [-0.05, 0) is 57.9 Å². The van der Waals surface area contributed by atoms with Crippen LogP contribution in [0.1, 0.15) is 52.0 Å². The molecule has 1 fully saturated rings. The molecule has 1 aromatic carbocycles. The zero-order chi connectivity index (χ0) is 17.4. The Morgan fingerprint density at radius 2 is 2.00 bits per heavy atom. The van der Waals surface area contributed by atoms with E-state index in [4.69, 9.17) is 9.47 Å². The third kappa shape index (κ3) is 6.91. The van der Waals surface area contributed by atoms with Gasteiger partial charge in [0.1, 0.15) is 5.60 Å². The molecule has 1 aliphatic rings. The smallest absolute Gasteiger partial charge is 0.410 e. The maximum Gasteiger partial charge on any atom is 0.410 e. The van der Waals surface area contributed by atoms with Crippen LogP contribution in [-0.2, 0) is 16.1 Å². The highest BCUT2D eigenvalue weighted by Crippen LogP contribution is 2.22. The number of hydrogen-bond acceptors (Lipinski definition) is 3. The summed E-state index contributed by atoms with van der Waals surface area (Å²) in [6.45, 7) is 8.82. The number of carbonyl (C=O) groups is 1. The van der Waals surface area contributed by atoms with E-state index < -0.39 is 5.60 Å². The Hall–Kier alpha value is -1.55. The lowest BCUT2D eigenvalue weighted by Gasteiger charge is -2.34. The van der Waals surface area contributed by atoms with Gasteiger partial charge in [0, 0.05) is 19.7 Å². The summed E-state index contributed by atoms with van der Waals surface area (Å²) in [5, 5.41) is 0. The van der Waals surface area contributed by atoms with E-state index in [-0.39, 0.29) is 6.09 Å². The van der Waals surface area contributed by atoms with Gasteiger partial charge in [0.2, 0.25) is 0 Å². The molecular weight excluding hydrogens is 302 g/mol. The number of carbonyl (C=O) groups excluding carboxylic acids is 1. The Morgan fingerprint density at radius 1 is 1.25 bits per heavy atom. The van der Waals surface area contributed by atoms with Crippen LogP contribution in [0.2, 0.25) is 0 Å². The summed E-state index contributed by atoms with van der Waals surface area (Å²) in [7, 11) is 0. The fourth-order valence-corrected chi connectivity index (χ4v) is 3.03. The van der Waals surface area contributed by atoms with Gasteiger partial charge in [-0.25, -0.2) is 4.79 Å². The molecule has 0 aromatic heterocycles. The fraction of sp³-hybridized carbons (Fsp3) is 0.650. The second-order valence-electron chi connectivity index (χ2n) is 7.62. The van der Waals surface area contributed by atoms with Crippen LogP contribution in [-0.4, -0.2) is 36.3 Å². The number of amides is 1. The van der Waals surface area contributed by atoms with Gasteiger partial charge >= 0.3 is 6.09 Å². The first kappa shape index (κ1) is 18.8. The molecule has 1 aliphatic heterocycles. The van der Waals surface area contributed by atoms with Crippen LogP contribution >= 0.6 is 0 Å². The zero-order valence-corrected chi connectivity index (χ0v) is 15.3. The highest BCUT2D eigenvalue weighted by atomic mass is 16.6. The van der Waals surface area contributed by atoms with Gasteiger partial charge in [-0.2, -0.15) is 0 Å². The SMILES string of the molecule is CC(C)(C)OC(=O)N1CCCC(CCCOCc2ccccc2)C1. The third-order valence-corrected chi connectivity index (χ3v) is 4.18. The molecule has 4 nitrogen and oxygen atoms in total. The van der Waals surface area contributed by atoms with Crippen molar-refractivity contribution in [2.45, 2.75) is 58.7 Å². The predicted octanol–water partition coefficient (Wildman–Crippen LogP) is 4.63. The van der Waals surface area contributed by atoms with Crippen LogP contribution in [0.15, 0.2) is 30.3 Å². The highest BCUT2D eigenvalue weighted by molar-refractivity contribution is 5.68. The van der Waals surface area contributed by atoms with Crippen molar-refractivity contribution >= 4 is 6.09 Å². The minimum absolute atomic E-state index is 0.174. The number of ether oxygens (including phenoxy) is 2. The van der Waals surface area contributed by atoms with Gasteiger partial charge in [0.05, 0.1) is 6.61 Å². The molecule has 134 valence electrons. The molecule has 0 saturated carbocycles. The van der Waals surface area contributed by atoms with Crippen LogP contribution in [0.3, 0.4) is 0 Å². The first-order chi connectivity index (χ1) is 11.4. The summed E-state index contributed by atoms with van der Waals surface area (Å²) in [6, 6.07) is 10.3. The Kier molecular flexibility index (Phi) is 7.10. The maximum absolute atomic E-state index is 12.2. The quantitative estimate of drug-likeness (QED) is 0.712. The monoisotopic (exact) mass is 333 g/mol. The lowest BCUT2D eigenvalue weighted by Crippen LogP contribution is -2.42. The van der Waals surface area contributed by atoms with Gasteiger partial charge in [-0.3, -0.25) is 0 Å². The molecule has 24 heavy (non-hydrogen) atoms. The Balaban J connectivity index is 1.63. The molecule has 1 amide bonds. The number of piperidine rings is 1. The van der Waals surface area contributed by atoms with Gasteiger partial charge in [0.25, 0.3) is 0 Å². The fourth-order valence-electron chi connectivity index (χ4n) is 3.03. The van der Waals surface area contributed by atoms with Crippen molar-refractivity contribution in [1.29, 1.82) is 0 Å². The van der Waals surface area contributed by atoms with Crippen molar-refractivity contribution in [3.8, 4) is 0 Å². The average Bonchev–Trinajstić information content (AvgIpc) is 2.54. The van der Waals surface area contributed by atoms with Crippen LogP contribution < -0.4 is 0 Å². The van der Waals surface area contributed by atoms with E-state index in [1.165, 1.54) is 12.0 Å². The lowest BCUT2D eigenvalue weighted by molar-refractivity contribution is 0.0155. The topological polar surface area (TPSA) is 38.8 Å². The normalized spacial score (nSPS) is 18.5. The molecule has 0 radical (unpaired) electrons. The Morgan fingerprint density at radius 3 is 2.71 bits per heavy atom. The summed E-state index contributed by atoms with van der Waals surface area (Å²) in [5.41, 5.74) is 0.793. The van der Waals surface area contributed by atoms with Gasteiger partial charge in [0.15, 0.2) is 0 Å². The zero-order valence-electron chi connectivity index (χ0n) is 15.3. The molecule has 1 aromatic rings. The molecule has 0 aliphatic carbocycles. The van der Waals surface area contributed by atoms with Crippen molar-refractivity contribution in [3.05, 3.63) is 35.9 Å². The molecule has 0 N–H and O–H groups in total. The lowest BCUT2D eigenvalue weighted by atomic mass is 9.94.